The zero-order valence-electron chi connectivity index (χ0n) is 23.9. The molecule has 0 fully saturated rings. The van der Waals surface area contributed by atoms with Gasteiger partial charge in [-0.3, -0.25) is 9.59 Å². The first kappa shape index (κ1) is 25.3. The van der Waals surface area contributed by atoms with Crippen LogP contribution in [0.3, 0.4) is 0 Å². The molecular weight excluding hydrogens is 558 g/mol. The lowest BCUT2D eigenvalue weighted by molar-refractivity contribution is 0.646. The highest BCUT2D eigenvalue weighted by Crippen LogP contribution is 2.44. The number of rotatable bonds is 3. The molecule has 5 nitrogen and oxygen atoms in total. The van der Waals surface area contributed by atoms with Crippen LogP contribution in [-0.4, -0.2) is 0 Å². The van der Waals surface area contributed by atoms with Gasteiger partial charge >= 0.3 is 0 Å². The van der Waals surface area contributed by atoms with Gasteiger partial charge in [0.2, 0.25) is 10.9 Å². The van der Waals surface area contributed by atoms with Crippen molar-refractivity contribution < 1.29 is 8.83 Å². The van der Waals surface area contributed by atoms with Gasteiger partial charge in [0.15, 0.2) is 0 Å². The lowest BCUT2D eigenvalue weighted by atomic mass is 10.0. The predicted octanol–water partition coefficient (Wildman–Crippen LogP) is 9.98. The van der Waals surface area contributed by atoms with Crippen LogP contribution in [0.2, 0.25) is 0 Å². The molecule has 0 saturated carbocycles. The maximum atomic E-state index is 14.6. The molecule has 212 valence electrons. The fourth-order valence-corrected chi connectivity index (χ4v) is 6.56. The number of benzene rings is 7. The van der Waals surface area contributed by atoms with Crippen molar-refractivity contribution in [3.63, 3.8) is 0 Å². The second-order valence-electron chi connectivity index (χ2n) is 11.2. The lowest BCUT2D eigenvalue weighted by Gasteiger charge is -2.29. The summed E-state index contributed by atoms with van der Waals surface area (Å²) in [6, 6.07) is 44.9. The largest absolute Gasteiger partial charge is 0.456 e. The van der Waals surface area contributed by atoms with E-state index in [4.69, 9.17) is 8.83 Å². The van der Waals surface area contributed by atoms with E-state index in [0.29, 0.717) is 49.6 Å². The van der Waals surface area contributed by atoms with Gasteiger partial charge in [0.1, 0.15) is 22.3 Å². The smallest absolute Gasteiger partial charge is 0.202 e. The van der Waals surface area contributed by atoms with Crippen molar-refractivity contribution in [3.8, 4) is 0 Å². The van der Waals surface area contributed by atoms with Crippen LogP contribution in [0.15, 0.2) is 158 Å². The molecule has 0 aliphatic heterocycles. The molecule has 0 spiro atoms. The van der Waals surface area contributed by atoms with Crippen molar-refractivity contribution in [1.29, 1.82) is 0 Å². The van der Waals surface area contributed by atoms with Crippen molar-refractivity contribution in [2.75, 3.05) is 4.90 Å². The number of hydrogen-bond acceptors (Lipinski definition) is 5. The van der Waals surface area contributed by atoms with Gasteiger partial charge in [0.25, 0.3) is 0 Å². The summed E-state index contributed by atoms with van der Waals surface area (Å²) in [5, 5.41) is 5.82. The van der Waals surface area contributed by atoms with E-state index in [1.807, 2.05) is 60.7 Å². The second kappa shape index (κ2) is 9.66. The van der Waals surface area contributed by atoms with E-state index in [0.717, 1.165) is 32.9 Å². The van der Waals surface area contributed by atoms with Crippen molar-refractivity contribution >= 4 is 82.5 Å². The van der Waals surface area contributed by atoms with E-state index in [1.54, 1.807) is 30.3 Å². The summed E-state index contributed by atoms with van der Waals surface area (Å²) in [5.41, 5.74) is 3.80. The van der Waals surface area contributed by atoms with Crippen LogP contribution in [0, 0.1) is 0 Å². The third kappa shape index (κ3) is 3.81. The van der Waals surface area contributed by atoms with Crippen LogP contribution < -0.4 is 15.8 Å². The molecule has 0 aliphatic rings. The Labute approximate surface area is 255 Å². The zero-order valence-corrected chi connectivity index (χ0v) is 23.9. The van der Waals surface area contributed by atoms with E-state index in [2.05, 4.69) is 53.4 Å². The molecule has 0 unspecified atom stereocenters. The van der Waals surface area contributed by atoms with Gasteiger partial charge in [-0.1, -0.05) is 91.0 Å². The minimum Gasteiger partial charge on any atom is -0.456 e. The second-order valence-corrected chi connectivity index (χ2v) is 11.2. The lowest BCUT2D eigenvalue weighted by Crippen LogP contribution is -2.15. The average Bonchev–Trinajstić information content (AvgIpc) is 3.08. The molecule has 5 heteroatoms. The average molecular weight is 582 g/mol. The van der Waals surface area contributed by atoms with Gasteiger partial charge in [-0.05, 0) is 53.2 Å². The number of hydrogen-bond donors (Lipinski definition) is 0. The molecule has 9 rings (SSSR count). The first-order valence-corrected chi connectivity index (χ1v) is 14.8. The molecule has 7 aromatic carbocycles. The molecule has 0 aliphatic carbocycles. The Bertz CT molecular complexity index is 2690. The zero-order chi connectivity index (χ0) is 30.1. The molecule has 2 heterocycles. The van der Waals surface area contributed by atoms with Crippen molar-refractivity contribution in [1.82, 2.24) is 0 Å². The summed E-state index contributed by atoms with van der Waals surface area (Å²) in [4.78, 5) is 30.3. The molecule has 0 bridgehead atoms. The van der Waals surface area contributed by atoms with E-state index in [9.17, 15) is 9.59 Å². The number of para-hydroxylation sites is 1. The van der Waals surface area contributed by atoms with Gasteiger partial charge in [0, 0.05) is 16.8 Å². The summed E-state index contributed by atoms with van der Waals surface area (Å²) in [5.74, 6) is 0. The van der Waals surface area contributed by atoms with Crippen LogP contribution in [-0.2, 0) is 0 Å². The van der Waals surface area contributed by atoms with Crippen LogP contribution in [0.5, 0.6) is 0 Å². The highest BCUT2D eigenvalue weighted by molar-refractivity contribution is 6.10. The Balaban J connectivity index is 1.41. The maximum absolute atomic E-state index is 14.6. The molecule has 0 N–H and O–H groups in total. The molecule has 0 atom stereocenters. The SMILES string of the molecule is O=c1c2ccccc2oc2cc3oc4cccc(N(c5cccc6ccccc56)c5cccc6ccccc56)c4c(=O)c3cc12. The fourth-order valence-electron chi connectivity index (χ4n) is 6.56. The topological polar surface area (TPSA) is 63.7 Å². The van der Waals surface area contributed by atoms with Crippen molar-refractivity contribution in [3.05, 3.63) is 160 Å². The Hall–Kier alpha value is -6.20. The standard InChI is InChI=1S/C40H23NO4/c42-39-28-16-5-6-20-34(28)44-36-23-37-30(22-29(36)39)40(43)38-33(19-9-21-35(38)45-37)41(31-17-7-12-24-10-1-3-14-26(24)31)32-18-8-13-25-11-2-4-15-27(25)32/h1-23H. The molecule has 0 saturated heterocycles. The Morgan fingerprint density at radius 3 is 1.56 bits per heavy atom. The van der Waals surface area contributed by atoms with Gasteiger partial charge < -0.3 is 13.7 Å². The first-order chi connectivity index (χ1) is 22.2. The highest BCUT2D eigenvalue weighted by Gasteiger charge is 2.23. The minimum atomic E-state index is -0.221. The summed E-state index contributed by atoms with van der Waals surface area (Å²) >= 11 is 0. The van der Waals surface area contributed by atoms with Gasteiger partial charge in [0.05, 0.1) is 38.6 Å². The normalized spacial score (nSPS) is 11.7. The van der Waals surface area contributed by atoms with Crippen LogP contribution in [0.4, 0.5) is 17.1 Å². The number of nitrogens with zero attached hydrogens (tertiary/aromatic N) is 1. The minimum absolute atomic E-state index is 0.185. The summed E-state index contributed by atoms with van der Waals surface area (Å²) in [6.07, 6.45) is 0. The summed E-state index contributed by atoms with van der Waals surface area (Å²) < 4.78 is 12.5. The van der Waals surface area contributed by atoms with Crippen molar-refractivity contribution in [2.45, 2.75) is 0 Å². The quantitative estimate of drug-likeness (QED) is 0.194. The fraction of sp³-hybridized carbons (Fsp3) is 0. The monoisotopic (exact) mass is 581 g/mol. The van der Waals surface area contributed by atoms with Gasteiger partial charge in [-0.2, -0.15) is 0 Å². The predicted molar refractivity (Wildman–Crippen MR) is 183 cm³/mol. The molecule has 9 aromatic rings. The maximum Gasteiger partial charge on any atom is 0.202 e. The van der Waals surface area contributed by atoms with E-state index < -0.39 is 0 Å². The summed E-state index contributed by atoms with van der Waals surface area (Å²) in [7, 11) is 0. The molecule has 0 amide bonds. The number of anilines is 3. The Morgan fingerprint density at radius 1 is 0.378 bits per heavy atom. The van der Waals surface area contributed by atoms with E-state index in [-0.39, 0.29) is 10.9 Å². The van der Waals surface area contributed by atoms with Crippen LogP contribution in [0.25, 0.3) is 65.4 Å². The summed E-state index contributed by atoms with van der Waals surface area (Å²) in [6.45, 7) is 0. The van der Waals surface area contributed by atoms with Crippen molar-refractivity contribution in [2.24, 2.45) is 0 Å². The third-order valence-electron chi connectivity index (χ3n) is 8.63. The van der Waals surface area contributed by atoms with E-state index >= 15 is 0 Å². The number of fused-ring (bicyclic) bond motifs is 6. The third-order valence-corrected chi connectivity index (χ3v) is 8.63. The Kier molecular flexibility index (Phi) is 5.43. The van der Waals surface area contributed by atoms with Gasteiger partial charge in [-0.15, -0.1) is 0 Å². The first-order valence-electron chi connectivity index (χ1n) is 14.8. The highest BCUT2D eigenvalue weighted by atomic mass is 16.3. The molecule has 2 aromatic heterocycles. The van der Waals surface area contributed by atoms with Crippen LogP contribution >= 0.6 is 0 Å². The Morgan fingerprint density at radius 2 is 0.867 bits per heavy atom. The van der Waals surface area contributed by atoms with Crippen LogP contribution in [0.1, 0.15) is 0 Å². The molecule has 0 radical (unpaired) electrons. The van der Waals surface area contributed by atoms with E-state index in [1.165, 1.54) is 0 Å². The molecular formula is C40H23NO4. The van der Waals surface area contributed by atoms with Gasteiger partial charge in [-0.25, -0.2) is 0 Å². The molecule has 45 heavy (non-hydrogen) atoms.